The van der Waals surface area contributed by atoms with Crippen molar-refractivity contribution in [3.8, 4) is 5.75 Å². The number of rotatable bonds is 5. The van der Waals surface area contributed by atoms with Crippen LogP contribution in [-0.4, -0.2) is 16.1 Å². The Morgan fingerprint density at radius 3 is 2.57 bits per heavy atom. The molecule has 1 amide bonds. The van der Waals surface area contributed by atoms with Crippen LogP contribution in [0.15, 0.2) is 64.6 Å². The number of nitrogens with one attached hydrogen (secondary N) is 1. The van der Waals surface area contributed by atoms with Gasteiger partial charge in [0.1, 0.15) is 11.3 Å². The van der Waals surface area contributed by atoms with Crippen LogP contribution in [-0.2, 0) is 4.79 Å². The van der Waals surface area contributed by atoms with Gasteiger partial charge in [-0.25, -0.2) is 0 Å². The van der Waals surface area contributed by atoms with E-state index in [1.807, 2.05) is 48.5 Å². The summed E-state index contributed by atoms with van der Waals surface area (Å²) in [4.78, 5) is 12.6. The number of carbonyl (C=O) groups excluding carboxylic acids is 1. The van der Waals surface area contributed by atoms with Crippen LogP contribution in [0.2, 0.25) is 0 Å². The first-order chi connectivity index (χ1) is 11.2. The Bertz CT molecular complexity index is 781. The zero-order valence-corrected chi connectivity index (χ0v) is 14.3. The van der Waals surface area contributed by atoms with E-state index in [9.17, 15) is 4.79 Å². The molecule has 1 heterocycles. The number of hydrogen-bond acceptors (Lipinski definition) is 5. The number of anilines is 1. The lowest BCUT2D eigenvalue weighted by molar-refractivity contribution is -0.123. The van der Waals surface area contributed by atoms with Crippen molar-refractivity contribution in [2.45, 2.75) is 6.10 Å². The normalized spacial score (nSPS) is 11.7. The standard InChI is InChI=1S/C16H12BrN3O2S/c17-12-8-4-5-9-13(12)22-14(11-6-2-1-3-7-11)15(21)19-16-20-18-10-23-16/h1-10,14H,(H,19,20,21)/t14-/m0/s1. The number of benzene rings is 2. The number of aromatic nitrogens is 2. The van der Waals surface area contributed by atoms with Gasteiger partial charge in [0.15, 0.2) is 0 Å². The zero-order valence-electron chi connectivity index (χ0n) is 11.8. The summed E-state index contributed by atoms with van der Waals surface area (Å²) in [6.07, 6.45) is -0.793. The quantitative estimate of drug-likeness (QED) is 0.714. The van der Waals surface area contributed by atoms with Crippen LogP contribution in [0.3, 0.4) is 0 Å². The molecular weight excluding hydrogens is 378 g/mol. The van der Waals surface area contributed by atoms with Crippen LogP contribution >= 0.6 is 27.3 Å². The molecule has 23 heavy (non-hydrogen) atoms. The summed E-state index contributed by atoms with van der Waals surface area (Å²) in [5.74, 6) is 0.289. The molecule has 0 bridgehead atoms. The highest BCUT2D eigenvalue weighted by atomic mass is 79.9. The molecule has 0 saturated heterocycles. The fourth-order valence-corrected chi connectivity index (χ4v) is 2.79. The fourth-order valence-electron chi connectivity index (χ4n) is 1.97. The van der Waals surface area contributed by atoms with Gasteiger partial charge in [0, 0.05) is 5.56 Å². The monoisotopic (exact) mass is 389 g/mol. The van der Waals surface area contributed by atoms with Crippen LogP contribution in [0, 0.1) is 0 Å². The molecule has 0 unspecified atom stereocenters. The number of para-hydroxylation sites is 1. The lowest BCUT2D eigenvalue weighted by atomic mass is 10.1. The first-order valence-corrected chi connectivity index (χ1v) is 8.44. The Labute approximate surface area is 145 Å². The predicted molar refractivity (Wildman–Crippen MR) is 92.5 cm³/mol. The highest BCUT2D eigenvalue weighted by molar-refractivity contribution is 9.10. The Balaban J connectivity index is 1.88. The van der Waals surface area contributed by atoms with Gasteiger partial charge < -0.3 is 4.74 Å². The number of halogens is 1. The van der Waals surface area contributed by atoms with Crippen LogP contribution in [0.5, 0.6) is 5.75 Å². The Hall–Kier alpha value is -2.25. The Morgan fingerprint density at radius 1 is 1.13 bits per heavy atom. The number of amides is 1. The lowest BCUT2D eigenvalue weighted by Gasteiger charge is -2.19. The van der Waals surface area contributed by atoms with E-state index in [1.54, 1.807) is 11.6 Å². The summed E-state index contributed by atoms with van der Waals surface area (Å²) in [5.41, 5.74) is 2.31. The third-order valence-electron chi connectivity index (χ3n) is 3.01. The first kappa shape index (κ1) is 15.6. The first-order valence-electron chi connectivity index (χ1n) is 6.77. The molecule has 0 radical (unpaired) electrons. The Kier molecular flexibility index (Phi) is 4.99. The van der Waals surface area contributed by atoms with E-state index in [-0.39, 0.29) is 5.91 Å². The summed E-state index contributed by atoms with van der Waals surface area (Å²) in [6, 6.07) is 16.7. The van der Waals surface area contributed by atoms with Crippen molar-refractivity contribution in [1.82, 2.24) is 10.2 Å². The van der Waals surface area contributed by atoms with Crippen molar-refractivity contribution in [3.63, 3.8) is 0 Å². The maximum absolute atomic E-state index is 12.6. The second kappa shape index (κ2) is 7.34. The van der Waals surface area contributed by atoms with Crippen molar-refractivity contribution in [3.05, 3.63) is 70.1 Å². The average molecular weight is 390 g/mol. The van der Waals surface area contributed by atoms with Gasteiger partial charge in [0.25, 0.3) is 5.91 Å². The predicted octanol–water partition coefficient (Wildman–Crippen LogP) is 4.06. The minimum absolute atomic E-state index is 0.302. The van der Waals surface area contributed by atoms with Gasteiger partial charge >= 0.3 is 0 Å². The van der Waals surface area contributed by atoms with Gasteiger partial charge in [-0.2, -0.15) is 0 Å². The molecule has 1 aromatic heterocycles. The topological polar surface area (TPSA) is 64.1 Å². The van der Waals surface area contributed by atoms with Crippen molar-refractivity contribution >= 4 is 38.3 Å². The maximum atomic E-state index is 12.6. The van der Waals surface area contributed by atoms with Crippen molar-refractivity contribution in [2.24, 2.45) is 0 Å². The second-order valence-corrected chi connectivity index (χ2v) is 6.26. The minimum atomic E-state index is -0.793. The molecular formula is C16H12BrN3O2S. The molecule has 1 atom stereocenters. The summed E-state index contributed by atoms with van der Waals surface area (Å²) >= 11 is 4.68. The second-order valence-electron chi connectivity index (χ2n) is 4.57. The molecule has 116 valence electrons. The average Bonchev–Trinajstić information content (AvgIpc) is 3.08. The van der Waals surface area contributed by atoms with Gasteiger partial charge in [-0.15, -0.1) is 10.2 Å². The van der Waals surface area contributed by atoms with E-state index in [4.69, 9.17) is 4.74 Å². The van der Waals surface area contributed by atoms with Gasteiger partial charge in [0.05, 0.1) is 4.47 Å². The molecule has 0 fully saturated rings. The summed E-state index contributed by atoms with van der Waals surface area (Å²) in [7, 11) is 0. The largest absolute Gasteiger partial charge is 0.475 e. The summed E-state index contributed by atoms with van der Waals surface area (Å²) in [6.45, 7) is 0. The minimum Gasteiger partial charge on any atom is -0.475 e. The highest BCUT2D eigenvalue weighted by Gasteiger charge is 2.24. The van der Waals surface area contributed by atoms with Crippen LogP contribution in [0.1, 0.15) is 11.7 Å². The number of nitrogens with zero attached hydrogens (tertiary/aromatic N) is 2. The number of ether oxygens (including phenoxy) is 1. The summed E-state index contributed by atoms with van der Waals surface area (Å²) < 4.78 is 6.72. The molecule has 7 heteroatoms. The van der Waals surface area contributed by atoms with Crippen LogP contribution < -0.4 is 10.1 Å². The molecule has 0 aliphatic carbocycles. The van der Waals surface area contributed by atoms with Crippen molar-refractivity contribution < 1.29 is 9.53 Å². The zero-order chi connectivity index (χ0) is 16.1. The molecule has 1 N–H and O–H groups in total. The van der Waals surface area contributed by atoms with Crippen molar-refractivity contribution in [1.29, 1.82) is 0 Å². The lowest BCUT2D eigenvalue weighted by Crippen LogP contribution is -2.25. The smallest absolute Gasteiger partial charge is 0.272 e. The van der Waals surface area contributed by atoms with Crippen molar-refractivity contribution in [2.75, 3.05) is 5.32 Å². The molecule has 2 aromatic carbocycles. The van der Waals surface area contributed by atoms with E-state index in [1.165, 1.54) is 11.3 Å². The van der Waals surface area contributed by atoms with Crippen LogP contribution in [0.4, 0.5) is 5.13 Å². The molecule has 0 spiro atoms. The third-order valence-corrected chi connectivity index (χ3v) is 4.27. The van der Waals surface area contributed by atoms with E-state index in [2.05, 4.69) is 31.4 Å². The van der Waals surface area contributed by atoms with E-state index in [0.29, 0.717) is 10.9 Å². The van der Waals surface area contributed by atoms with E-state index in [0.717, 1.165) is 10.0 Å². The maximum Gasteiger partial charge on any atom is 0.272 e. The number of hydrogen-bond donors (Lipinski definition) is 1. The third kappa shape index (κ3) is 3.94. The summed E-state index contributed by atoms with van der Waals surface area (Å²) in [5, 5.41) is 10.7. The van der Waals surface area contributed by atoms with Gasteiger partial charge in [-0.1, -0.05) is 53.8 Å². The highest BCUT2D eigenvalue weighted by Crippen LogP contribution is 2.30. The van der Waals surface area contributed by atoms with Gasteiger partial charge in [-0.3, -0.25) is 10.1 Å². The molecule has 5 nitrogen and oxygen atoms in total. The number of carbonyl (C=O) groups is 1. The van der Waals surface area contributed by atoms with Crippen LogP contribution in [0.25, 0.3) is 0 Å². The van der Waals surface area contributed by atoms with Gasteiger partial charge in [0.2, 0.25) is 11.2 Å². The van der Waals surface area contributed by atoms with Gasteiger partial charge in [-0.05, 0) is 28.1 Å². The fraction of sp³-hybridized carbons (Fsp3) is 0.0625. The molecule has 0 aliphatic rings. The van der Waals surface area contributed by atoms with E-state index < -0.39 is 6.10 Å². The Morgan fingerprint density at radius 2 is 1.87 bits per heavy atom. The molecule has 3 rings (SSSR count). The molecule has 0 aliphatic heterocycles. The molecule has 3 aromatic rings. The van der Waals surface area contributed by atoms with E-state index >= 15 is 0 Å². The SMILES string of the molecule is O=C(Nc1nncs1)[C@@H](Oc1ccccc1Br)c1ccccc1. The molecule has 0 saturated carbocycles.